The van der Waals surface area contributed by atoms with Gasteiger partial charge in [0, 0.05) is 6.04 Å². The molecule has 0 aromatic carbocycles. The third kappa shape index (κ3) is 8.23. The zero-order valence-electron chi connectivity index (χ0n) is 13.8. The molecule has 0 heterocycles. The monoisotopic (exact) mass is 297 g/mol. The predicted octanol–water partition coefficient (Wildman–Crippen LogP) is 5.29. The highest BCUT2D eigenvalue weighted by Gasteiger charge is 2.23. The summed E-state index contributed by atoms with van der Waals surface area (Å²) in [6.07, 6.45) is 13.7. The van der Waals surface area contributed by atoms with Gasteiger partial charge in [-0.2, -0.15) is 0 Å². The van der Waals surface area contributed by atoms with Crippen LogP contribution in [0.4, 0.5) is 4.39 Å². The molecule has 3 heteroatoms. The summed E-state index contributed by atoms with van der Waals surface area (Å²) >= 11 is 0. The Labute approximate surface area is 129 Å². The Kier molecular flexibility index (Phi) is 9.36. The van der Waals surface area contributed by atoms with Crippen molar-refractivity contribution in [2.24, 2.45) is 5.92 Å². The quantitative estimate of drug-likeness (QED) is 0.431. The lowest BCUT2D eigenvalue weighted by Crippen LogP contribution is -2.33. The normalized spacial score (nSPS) is 22.5. The van der Waals surface area contributed by atoms with Crippen molar-refractivity contribution in [2.45, 2.75) is 90.5 Å². The maximum Gasteiger partial charge on any atom is 0.279 e. The van der Waals surface area contributed by atoms with Crippen LogP contribution >= 0.6 is 0 Å². The summed E-state index contributed by atoms with van der Waals surface area (Å²) in [6, 6.07) is 0.171. The van der Waals surface area contributed by atoms with Gasteiger partial charge in [0.1, 0.15) is 0 Å². The van der Waals surface area contributed by atoms with E-state index in [4.69, 9.17) is 0 Å². The van der Waals surface area contributed by atoms with Crippen LogP contribution in [-0.4, -0.2) is 11.9 Å². The van der Waals surface area contributed by atoms with E-state index >= 15 is 0 Å². The van der Waals surface area contributed by atoms with Gasteiger partial charge >= 0.3 is 0 Å². The minimum atomic E-state index is -0.597. The number of carbonyl (C=O) groups excluding carboxylic acids is 1. The molecule has 0 bridgehead atoms. The maximum atomic E-state index is 13.7. The summed E-state index contributed by atoms with van der Waals surface area (Å²) in [4.78, 5) is 11.7. The van der Waals surface area contributed by atoms with Crippen LogP contribution in [0, 0.1) is 5.92 Å². The second-order valence-electron chi connectivity index (χ2n) is 6.55. The molecule has 1 N–H and O–H groups in total. The topological polar surface area (TPSA) is 29.1 Å². The van der Waals surface area contributed by atoms with Crippen LogP contribution in [0.5, 0.6) is 0 Å². The molecule has 0 aromatic heterocycles. The first-order valence-corrected chi connectivity index (χ1v) is 8.80. The highest BCUT2D eigenvalue weighted by molar-refractivity contribution is 5.91. The van der Waals surface area contributed by atoms with Gasteiger partial charge in [0.15, 0.2) is 5.83 Å². The van der Waals surface area contributed by atoms with Crippen molar-refractivity contribution < 1.29 is 9.18 Å². The van der Waals surface area contributed by atoms with Crippen molar-refractivity contribution in [1.82, 2.24) is 5.32 Å². The van der Waals surface area contributed by atoms with Crippen molar-refractivity contribution in [3.8, 4) is 0 Å². The first-order valence-electron chi connectivity index (χ1n) is 8.80. The third-order valence-electron chi connectivity index (χ3n) is 4.38. The Morgan fingerprint density at radius 1 is 1.14 bits per heavy atom. The molecule has 0 spiro atoms. The fourth-order valence-electron chi connectivity index (χ4n) is 3.02. The molecule has 0 aromatic rings. The molecule has 1 amide bonds. The van der Waals surface area contributed by atoms with Gasteiger partial charge in [-0.1, -0.05) is 52.4 Å². The molecule has 122 valence electrons. The minimum absolute atomic E-state index is 0.171. The number of nitrogens with one attached hydrogen (secondary N) is 1. The molecule has 1 fully saturated rings. The number of carbonyl (C=O) groups is 1. The number of hydrogen-bond donors (Lipinski definition) is 1. The first kappa shape index (κ1) is 18.2. The standard InChI is InChI=1S/C18H32FNO/c1-3-4-5-6-7-8-9-10-11-17(19)18(21)20-16-13-12-15(2)14-16/h11,15-16H,3-10,12-14H2,1-2H3,(H,20,21)/b17-11-/t15-,16+/m0/s1. The second-order valence-corrected chi connectivity index (χ2v) is 6.55. The van der Waals surface area contributed by atoms with Gasteiger partial charge in [-0.05, 0) is 44.1 Å². The molecule has 1 rings (SSSR count). The number of rotatable bonds is 10. The van der Waals surface area contributed by atoms with Crippen LogP contribution in [0.2, 0.25) is 0 Å². The van der Waals surface area contributed by atoms with Gasteiger partial charge in [0.25, 0.3) is 5.91 Å². The Morgan fingerprint density at radius 2 is 1.81 bits per heavy atom. The summed E-state index contributed by atoms with van der Waals surface area (Å²) in [6.45, 7) is 4.39. The largest absolute Gasteiger partial charge is 0.347 e. The van der Waals surface area contributed by atoms with E-state index in [1.54, 1.807) is 0 Å². The summed E-state index contributed by atoms with van der Waals surface area (Å²) < 4.78 is 13.7. The lowest BCUT2D eigenvalue weighted by atomic mass is 10.1. The number of unbranched alkanes of at least 4 members (excludes halogenated alkanes) is 7. The fourth-order valence-corrected chi connectivity index (χ4v) is 3.02. The molecule has 0 radical (unpaired) electrons. The van der Waals surface area contributed by atoms with Crippen LogP contribution in [0.1, 0.15) is 84.5 Å². The zero-order chi connectivity index (χ0) is 15.5. The van der Waals surface area contributed by atoms with Crippen molar-refractivity contribution in [3.63, 3.8) is 0 Å². The van der Waals surface area contributed by atoms with E-state index in [0.29, 0.717) is 12.3 Å². The highest BCUT2D eigenvalue weighted by Crippen LogP contribution is 2.24. The van der Waals surface area contributed by atoms with E-state index < -0.39 is 11.7 Å². The molecular formula is C18H32FNO. The van der Waals surface area contributed by atoms with Crippen LogP contribution in [0.15, 0.2) is 11.9 Å². The van der Waals surface area contributed by atoms with Gasteiger partial charge in [0.05, 0.1) is 0 Å². The van der Waals surface area contributed by atoms with Crippen LogP contribution in [-0.2, 0) is 4.79 Å². The molecule has 0 unspecified atom stereocenters. The lowest BCUT2D eigenvalue weighted by Gasteiger charge is -2.11. The van der Waals surface area contributed by atoms with E-state index in [1.807, 2.05) is 0 Å². The Morgan fingerprint density at radius 3 is 2.43 bits per heavy atom. The Balaban J connectivity index is 2.07. The smallest absolute Gasteiger partial charge is 0.279 e. The SMILES string of the molecule is CCCCCCCCC/C=C(\F)C(=O)N[C@@H]1CC[C@H](C)C1. The van der Waals surface area contributed by atoms with Crippen molar-refractivity contribution in [3.05, 3.63) is 11.9 Å². The van der Waals surface area contributed by atoms with E-state index in [2.05, 4.69) is 19.2 Å². The molecule has 21 heavy (non-hydrogen) atoms. The van der Waals surface area contributed by atoms with Gasteiger partial charge in [-0.3, -0.25) is 4.79 Å². The van der Waals surface area contributed by atoms with Crippen molar-refractivity contribution in [2.75, 3.05) is 0 Å². The van der Waals surface area contributed by atoms with E-state index in [9.17, 15) is 9.18 Å². The molecule has 1 aliphatic carbocycles. The van der Waals surface area contributed by atoms with Crippen LogP contribution in [0.3, 0.4) is 0 Å². The van der Waals surface area contributed by atoms with Crippen LogP contribution in [0.25, 0.3) is 0 Å². The van der Waals surface area contributed by atoms with E-state index in [-0.39, 0.29) is 6.04 Å². The summed E-state index contributed by atoms with van der Waals surface area (Å²) in [5.74, 6) is -0.465. The third-order valence-corrected chi connectivity index (χ3v) is 4.38. The van der Waals surface area contributed by atoms with Gasteiger partial charge in [-0.25, -0.2) is 4.39 Å². The number of halogens is 1. The number of allylic oxidation sites excluding steroid dienone is 1. The van der Waals surface area contributed by atoms with Crippen molar-refractivity contribution >= 4 is 5.91 Å². The predicted molar refractivity (Wildman–Crippen MR) is 86.7 cm³/mol. The van der Waals surface area contributed by atoms with Crippen molar-refractivity contribution in [1.29, 1.82) is 0 Å². The van der Waals surface area contributed by atoms with Gasteiger partial charge in [0.2, 0.25) is 0 Å². The van der Waals surface area contributed by atoms with Gasteiger partial charge < -0.3 is 5.32 Å². The molecule has 1 aliphatic rings. The number of amides is 1. The van der Waals surface area contributed by atoms with Gasteiger partial charge in [-0.15, -0.1) is 0 Å². The maximum absolute atomic E-state index is 13.7. The first-order chi connectivity index (χ1) is 10.1. The molecule has 0 saturated heterocycles. The average molecular weight is 297 g/mol. The molecule has 0 aliphatic heterocycles. The second kappa shape index (κ2) is 10.8. The zero-order valence-corrected chi connectivity index (χ0v) is 13.8. The summed E-state index contributed by atoms with van der Waals surface area (Å²) in [7, 11) is 0. The molecule has 2 atom stereocenters. The fraction of sp³-hybridized carbons (Fsp3) is 0.833. The number of hydrogen-bond acceptors (Lipinski definition) is 1. The van der Waals surface area contributed by atoms with E-state index in [1.165, 1.54) is 38.2 Å². The minimum Gasteiger partial charge on any atom is -0.347 e. The van der Waals surface area contributed by atoms with E-state index in [0.717, 1.165) is 32.1 Å². The Hall–Kier alpha value is -0.860. The average Bonchev–Trinajstić information content (AvgIpc) is 2.86. The lowest BCUT2D eigenvalue weighted by molar-refractivity contribution is -0.119. The molecule has 2 nitrogen and oxygen atoms in total. The summed E-state index contributed by atoms with van der Waals surface area (Å²) in [5.41, 5.74) is 0. The summed E-state index contributed by atoms with van der Waals surface area (Å²) in [5, 5.41) is 2.80. The van der Waals surface area contributed by atoms with Crippen LogP contribution < -0.4 is 5.32 Å². The molecule has 1 saturated carbocycles. The highest BCUT2D eigenvalue weighted by atomic mass is 19.1. The molecular weight excluding hydrogens is 265 g/mol. The Bertz CT molecular complexity index is 327.